The summed E-state index contributed by atoms with van der Waals surface area (Å²) < 4.78 is 32.5. The van der Waals surface area contributed by atoms with Gasteiger partial charge in [-0.2, -0.15) is 4.31 Å². The number of rotatable bonds is 6. The zero-order valence-corrected chi connectivity index (χ0v) is 18.4. The van der Waals surface area contributed by atoms with Crippen molar-refractivity contribution in [1.29, 1.82) is 0 Å². The number of benzene rings is 1. The highest BCUT2D eigenvalue weighted by atomic mass is 32.2. The molecule has 0 bridgehead atoms. The fraction of sp³-hybridized carbons (Fsp3) is 0.381. The summed E-state index contributed by atoms with van der Waals surface area (Å²) in [7, 11) is -3.75. The molecule has 1 aliphatic rings. The van der Waals surface area contributed by atoms with Crippen molar-refractivity contribution in [1.82, 2.24) is 14.4 Å². The molecule has 0 atom stereocenters. The van der Waals surface area contributed by atoms with E-state index in [2.05, 4.69) is 17.1 Å². The van der Waals surface area contributed by atoms with Crippen LogP contribution in [0, 0.1) is 13.8 Å². The Morgan fingerprint density at radius 1 is 1.19 bits per heavy atom. The molecule has 31 heavy (non-hydrogen) atoms. The molecule has 0 aliphatic carbocycles. The van der Waals surface area contributed by atoms with Gasteiger partial charge in [-0.25, -0.2) is 8.42 Å². The Hall–Kier alpha value is -2.98. The Labute approximate surface area is 181 Å². The molecule has 2 aromatic rings. The normalized spacial score (nSPS) is 15.4. The van der Waals surface area contributed by atoms with E-state index in [-0.39, 0.29) is 42.0 Å². The van der Waals surface area contributed by atoms with E-state index in [0.29, 0.717) is 36.5 Å². The lowest BCUT2D eigenvalue weighted by Gasteiger charge is -2.22. The summed E-state index contributed by atoms with van der Waals surface area (Å²) in [6.07, 6.45) is 1.79. The number of hydrogen-bond acceptors (Lipinski definition) is 6. The number of nitrogens with zero attached hydrogens (tertiary/aromatic N) is 3. The lowest BCUT2D eigenvalue weighted by Crippen LogP contribution is -2.38. The Bertz CT molecular complexity index is 1070. The van der Waals surface area contributed by atoms with E-state index < -0.39 is 10.0 Å². The first-order chi connectivity index (χ1) is 14.7. The molecule has 3 rings (SSSR count). The second-order valence-electron chi connectivity index (χ2n) is 7.32. The molecule has 2 amide bonds. The highest BCUT2D eigenvalue weighted by molar-refractivity contribution is 7.89. The highest BCUT2D eigenvalue weighted by Gasteiger charge is 2.33. The van der Waals surface area contributed by atoms with Crippen LogP contribution in [0.15, 0.2) is 46.3 Å². The first kappa shape index (κ1) is 22.7. The number of carbonyl (C=O) groups excluding carboxylic acids is 2. The van der Waals surface area contributed by atoms with Gasteiger partial charge in [0.05, 0.1) is 6.42 Å². The SMILES string of the molecule is C=CC(=O)Nc1ccccc1CC(=O)N1CCCN(S(=O)(=O)c2c(C)noc2C)CC1. The molecular weight excluding hydrogens is 420 g/mol. The molecule has 10 heteroatoms. The van der Waals surface area contributed by atoms with Gasteiger partial charge in [0.2, 0.25) is 21.8 Å². The smallest absolute Gasteiger partial charge is 0.248 e. The molecule has 0 spiro atoms. The van der Waals surface area contributed by atoms with Gasteiger partial charge in [0, 0.05) is 31.9 Å². The first-order valence-electron chi connectivity index (χ1n) is 9.96. The second-order valence-corrected chi connectivity index (χ2v) is 9.19. The van der Waals surface area contributed by atoms with Gasteiger partial charge in [0.15, 0.2) is 5.76 Å². The molecule has 1 N–H and O–H groups in total. The third-order valence-electron chi connectivity index (χ3n) is 5.18. The number of hydrogen-bond donors (Lipinski definition) is 1. The number of aryl methyl sites for hydroxylation is 2. The van der Waals surface area contributed by atoms with Crippen LogP contribution >= 0.6 is 0 Å². The maximum atomic E-state index is 13.1. The number of aromatic nitrogens is 1. The van der Waals surface area contributed by atoms with Crippen LogP contribution in [0.3, 0.4) is 0 Å². The molecule has 166 valence electrons. The van der Waals surface area contributed by atoms with Gasteiger partial charge in [-0.05, 0) is 38.0 Å². The van der Waals surface area contributed by atoms with Crippen molar-refractivity contribution in [3.05, 3.63) is 53.9 Å². The number of sulfonamides is 1. The summed E-state index contributed by atoms with van der Waals surface area (Å²) in [5.41, 5.74) is 1.57. The Morgan fingerprint density at radius 2 is 1.94 bits per heavy atom. The molecule has 1 aromatic heterocycles. The summed E-state index contributed by atoms with van der Waals surface area (Å²) in [5.74, 6) is -0.223. The van der Waals surface area contributed by atoms with Crippen molar-refractivity contribution in [3.63, 3.8) is 0 Å². The van der Waals surface area contributed by atoms with E-state index in [1.807, 2.05) is 0 Å². The average molecular weight is 447 g/mol. The third-order valence-corrected chi connectivity index (χ3v) is 7.32. The number of carbonyl (C=O) groups is 2. The second kappa shape index (κ2) is 9.44. The molecule has 1 aliphatic heterocycles. The van der Waals surface area contributed by atoms with Crippen molar-refractivity contribution in [2.24, 2.45) is 0 Å². The van der Waals surface area contributed by atoms with Gasteiger partial charge in [0.1, 0.15) is 10.6 Å². The van der Waals surface area contributed by atoms with Crippen molar-refractivity contribution in [2.45, 2.75) is 31.6 Å². The van der Waals surface area contributed by atoms with Crippen molar-refractivity contribution in [2.75, 3.05) is 31.5 Å². The van der Waals surface area contributed by atoms with Gasteiger partial charge in [-0.3, -0.25) is 9.59 Å². The summed E-state index contributed by atoms with van der Waals surface area (Å²) in [4.78, 5) is 26.3. The summed E-state index contributed by atoms with van der Waals surface area (Å²) in [6, 6.07) is 7.08. The average Bonchev–Trinajstić information content (AvgIpc) is 2.94. The zero-order valence-electron chi connectivity index (χ0n) is 17.6. The van der Waals surface area contributed by atoms with Gasteiger partial charge in [-0.1, -0.05) is 29.9 Å². The number of anilines is 1. The van der Waals surface area contributed by atoms with Gasteiger partial charge < -0.3 is 14.7 Å². The minimum Gasteiger partial charge on any atom is -0.360 e. The van der Waals surface area contributed by atoms with Crippen LogP contribution in [0.1, 0.15) is 23.4 Å². The summed E-state index contributed by atoms with van der Waals surface area (Å²) >= 11 is 0. The third kappa shape index (κ3) is 5.02. The lowest BCUT2D eigenvalue weighted by molar-refractivity contribution is -0.130. The van der Waals surface area contributed by atoms with Crippen LogP contribution in [-0.2, 0) is 26.0 Å². The van der Waals surface area contributed by atoms with E-state index in [1.54, 1.807) is 43.0 Å². The predicted molar refractivity (Wildman–Crippen MR) is 115 cm³/mol. The lowest BCUT2D eigenvalue weighted by atomic mass is 10.1. The van der Waals surface area contributed by atoms with Crippen LogP contribution in [0.5, 0.6) is 0 Å². The molecule has 1 fully saturated rings. The topological polar surface area (TPSA) is 113 Å². The van der Waals surface area contributed by atoms with E-state index >= 15 is 0 Å². The van der Waals surface area contributed by atoms with Crippen LogP contribution in [0.2, 0.25) is 0 Å². The minimum atomic E-state index is -3.75. The van der Waals surface area contributed by atoms with Crippen LogP contribution in [0.4, 0.5) is 5.69 Å². The Morgan fingerprint density at radius 3 is 2.61 bits per heavy atom. The molecule has 0 unspecified atom stereocenters. The fourth-order valence-corrected chi connectivity index (χ4v) is 5.37. The standard InChI is InChI=1S/C21H26N4O5S/c1-4-19(26)22-18-9-6-5-8-17(18)14-20(27)24-10-7-11-25(13-12-24)31(28,29)21-15(2)23-30-16(21)3/h4-6,8-9H,1,7,10-14H2,2-3H3,(H,22,26). The van der Waals surface area contributed by atoms with Gasteiger partial charge >= 0.3 is 0 Å². The molecule has 9 nitrogen and oxygen atoms in total. The van der Waals surface area contributed by atoms with E-state index in [1.165, 1.54) is 10.4 Å². The quantitative estimate of drug-likeness (QED) is 0.678. The summed E-state index contributed by atoms with van der Waals surface area (Å²) in [6.45, 7) is 7.83. The van der Waals surface area contributed by atoms with E-state index in [4.69, 9.17) is 4.52 Å². The molecular formula is C21H26N4O5S. The monoisotopic (exact) mass is 446 g/mol. The van der Waals surface area contributed by atoms with Gasteiger partial charge in [0.25, 0.3) is 0 Å². The maximum Gasteiger partial charge on any atom is 0.248 e. The van der Waals surface area contributed by atoms with E-state index in [0.717, 1.165) is 0 Å². The molecule has 1 aromatic carbocycles. The Kier molecular flexibility index (Phi) is 6.91. The minimum absolute atomic E-state index is 0.0964. The maximum absolute atomic E-state index is 13.1. The fourth-order valence-electron chi connectivity index (χ4n) is 3.61. The molecule has 1 saturated heterocycles. The van der Waals surface area contributed by atoms with Gasteiger partial charge in [-0.15, -0.1) is 0 Å². The first-order valence-corrected chi connectivity index (χ1v) is 11.4. The van der Waals surface area contributed by atoms with Crippen LogP contribution in [-0.4, -0.2) is 60.8 Å². The highest BCUT2D eigenvalue weighted by Crippen LogP contribution is 2.24. The number of para-hydroxylation sites is 1. The van der Waals surface area contributed by atoms with Crippen molar-refractivity contribution >= 4 is 27.5 Å². The Balaban J connectivity index is 1.70. The largest absolute Gasteiger partial charge is 0.360 e. The zero-order chi connectivity index (χ0) is 22.6. The predicted octanol–water partition coefficient (Wildman–Crippen LogP) is 1.88. The number of amides is 2. The van der Waals surface area contributed by atoms with Crippen molar-refractivity contribution < 1.29 is 22.5 Å². The molecule has 0 radical (unpaired) electrons. The van der Waals surface area contributed by atoms with E-state index in [9.17, 15) is 18.0 Å². The number of nitrogens with one attached hydrogen (secondary N) is 1. The van der Waals surface area contributed by atoms with Crippen molar-refractivity contribution in [3.8, 4) is 0 Å². The van der Waals surface area contributed by atoms with Crippen LogP contribution in [0.25, 0.3) is 0 Å². The van der Waals surface area contributed by atoms with Crippen LogP contribution < -0.4 is 5.32 Å². The summed E-state index contributed by atoms with van der Waals surface area (Å²) in [5, 5.41) is 6.45. The molecule has 2 heterocycles. The molecule has 0 saturated carbocycles.